The Bertz CT molecular complexity index is 1700. The lowest BCUT2D eigenvalue weighted by atomic mass is 9.98. The summed E-state index contributed by atoms with van der Waals surface area (Å²) in [5.74, 6) is -0.0233. The van der Waals surface area contributed by atoms with E-state index in [0.29, 0.717) is 20.5 Å². The molecule has 0 fully saturated rings. The summed E-state index contributed by atoms with van der Waals surface area (Å²) in [5, 5.41) is 3.95. The highest BCUT2D eigenvalue weighted by atomic mass is 35.5. The van der Waals surface area contributed by atoms with Gasteiger partial charge in [0.2, 0.25) is 0 Å². The molecule has 1 aliphatic rings. The van der Waals surface area contributed by atoms with Crippen LogP contribution in [0.2, 0.25) is 5.02 Å². The first kappa shape index (κ1) is 26.8. The Kier molecular flexibility index (Phi) is 7.85. The number of rotatable bonds is 8. The highest BCUT2D eigenvalue weighted by Crippen LogP contribution is 2.45. The molecule has 202 valence electrons. The van der Waals surface area contributed by atoms with E-state index in [0.717, 1.165) is 34.1 Å². The Morgan fingerprint density at radius 3 is 2.24 bits per heavy atom. The number of hydrogen-bond acceptors (Lipinski definition) is 5. The molecule has 0 saturated carbocycles. The standard InChI is InChI=1S/C34H25ClN2O3S/c35-31-25(22-9-2-1-3-10-22)17-16-23(32(31)41-33-24(20-38)11-8-18-36-33)19-37-34(39)40-21-30-28-14-6-4-12-26(28)27-13-5-7-15-29(27)30/h1-18,20,30H,19,21H2,(H,37,39). The molecule has 4 aromatic carbocycles. The minimum absolute atomic E-state index is 0.0233. The Morgan fingerprint density at radius 2 is 1.54 bits per heavy atom. The van der Waals surface area contributed by atoms with E-state index in [4.69, 9.17) is 16.3 Å². The number of fused-ring (bicyclic) bond motifs is 3. The fourth-order valence-corrected chi connectivity index (χ4v) is 6.60. The number of aldehydes is 1. The number of alkyl carbamates (subject to hydrolysis) is 1. The van der Waals surface area contributed by atoms with Crippen LogP contribution >= 0.6 is 23.4 Å². The van der Waals surface area contributed by atoms with Crippen molar-refractivity contribution < 1.29 is 14.3 Å². The van der Waals surface area contributed by atoms with Gasteiger partial charge in [-0.2, -0.15) is 0 Å². The van der Waals surface area contributed by atoms with Gasteiger partial charge in [-0.1, -0.05) is 114 Å². The summed E-state index contributed by atoms with van der Waals surface area (Å²) in [7, 11) is 0. The summed E-state index contributed by atoms with van der Waals surface area (Å²) < 4.78 is 5.73. The first-order valence-electron chi connectivity index (χ1n) is 13.2. The minimum Gasteiger partial charge on any atom is -0.449 e. The average Bonchev–Trinajstić information content (AvgIpc) is 3.34. The summed E-state index contributed by atoms with van der Waals surface area (Å²) >= 11 is 8.28. The number of carbonyl (C=O) groups excluding carboxylic acids is 2. The first-order chi connectivity index (χ1) is 20.1. The van der Waals surface area contributed by atoms with Crippen molar-refractivity contribution in [2.24, 2.45) is 0 Å². The van der Waals surface area contributed by atoms with Crippen LogP contribution in [0.25, 0.3) is 22.3 Å². The van der Waals surface area contributed by atoms with Crippen LogP contribution in [0.15, 0.2) is 119 Å². The van der Waals surface area contributed by atoms with Crippen LogP contribution in [-0.4, -0.2) is 24.0 Å². The molecule has 0 bridgehead atoms. The van der Waals surface area contributed by atoms with Crippen molar-refractivity contribution in [3.05, 3.63) is 137 Å². The molecule has 0 spiro atoms. The van der Waals surface area contributed by atoms with Crippen molar-refractivity contribution >= 4 is 35.7 Å². The van der Waals surface area contributed by atoms with Gasteiger partial charge in [-0.25, -0.2) is 9.78 Å². The maximum absolute atomic E-state index is 12.9. The number of carbonyl (C=O) groups is 2. The number of pyridine rings is 1. The van der Waals surface area contributed by atoms with Gasteiger partial charge < -0.3 is 10.1 Å². The summed E-state index contributed by atoms with van der Waals surface area (Å²) in [6.45, 7) is 0.419. The third-order valence-electron chi connectivity index (χ3n) is 7.16. The maximum Gasteiger partial charge on any atom is 0.407 e. The van der Waals surface area contributed by atoms with Gasteiger partial charge in [-0.3, -0.25) is 4.79 Å². The van der Waals surface area contributed by atoms with Gasteiger partial charge in [0.05, 0.1) is 5.02 Å². The fourth-order valence-electron chi connectivity index (χ4n) is 5.18. The van der Waals surface area contributed by atoms with E-state index >= 15 is 0 Å². The molecule has 7 heteroatoms. The number of aromatic nitrogens is 1. The zero-order valence-electron chi connectivity index (χ0n) is 21.9. The molecular formula is C34H25ClN2O3S. The first-order valence-corrected chi connectivity index (χ1v) is 14.4. The molecule has 41 heavy (non-hydrogen) atoms. The lowest BCUT2D eigenvalue weighted by molar-refractivity contribution is 0.112. The number of ether oxygens (including phenoxy) is 1. The normalized spacial score (nSPS) is 11.9. The summed E-state index contributed by atoms with van der Waals surface area (Å²) in [4.78, 5) is 29.7. The molecule has 0 atom stereocenters. The van der Waals surface area contributed by atoms with Crippen molar-refractivity contribution in [1.29, 1.82) is 0 Å². The van der Waals surface area contributed by atoms with Crippen LogP contribution in [-0.2, 0) is 11.3 Å². The van der Waals surface area contributed by atoms with E-state index in [9.17, 15) is 9.59 Å². The van der Waals surface area contributed by atoms with Gasteiger partial charge in [0, 0.05) is 34.7 Å². The lowest BCUT2D eigenvalue weighted by Crippen LogP contribution is -2.26. The topological polar surface area (TPSA) is 68.3 Å². The van der Waals surface area contributed by atoms with Crippen LogP contribution < -0.4 is 5.32 Å². The molecule has 6 rings (SSSR count). The Hall–Kier alpha value is -4.39. The summed E-state index contributed by atoms with van der Waals surface area (Å²) in [6, 6.07) is 33.6. The van der Waals surface area contributed by atoms with Crippen LogP contribution in [0.4, 0.5) is 4.79 Å². The average molecular weight is 577 g/mol. The molecule has 0 radical (unpaired) electrons. The van der Waals surface area contributed by atoms with Crippen molar-refractivity contribution in [2.45, 2.75) is 22.4 Å². The molecule has 5 aromatic rings. The number of amides is 1. The Morgan fingerprint density at radius 1 is 0.854 bits per heavy atom. The van der Waals surface area contributed by atoms with E-state index in [1.807, 2.05) is 66.7 Å². The van der Waals surface area contributed by atoms with E-state index < -0.39 is 6.09 Å². The van der Waals surface area contributed by atoms with E-state index in [-0.39, 0.29) is 19.1 Å². The van der Waals surface area contributed by atoms with Gasteiger partial charge in [-0.15, -0.1) is 0 Å². The Labute approximate surface area is 247 Å². The molecule has 1 N–H and O–H groups in total. The summed E-state index contributed by atoms with van der Waals surface area (Å²) in [6.07, 6.45) is 1.90. The van der Waals surface area contributed by atoms with Gasteiger partial charge in [0.25, 0.3) is 0 Å². The highest BCUT2D eigenvalue weighted by molar-refractivity contribution is 7.99. The number of nitrogens with zero attached hydrogens (tertiary/aromatic N) is 1. The molecule has 1 heterocycles. The van der Waals surface area contributed by atoms with E-state index in [1.54, 1.807) is 18.3 Å². The van der Waals surface area contributed by atoms with Crippen molar-refractivity contribution in [3.8, 4) is 22.3 Å². The maximum atomic E-state index is 12.9. The van der Waals surface area contributed by atoms with Gasteiger partial charge in [0.15, 0.2) is 6.29 Å². The number of nitrogens with one attached hydrogen (secondary N) is 1. The highest BCUT2D eigenvalue weighted by Gasteiger charge is 2.29. The zero-order chi connectivity index (χ0) is 28.2. The largest absolute Gasteiger partial charge is 0.449 e. The lowest BCUT2D eigenvalue weighted by Gasteiger charge is -2.17. The van der Waals surface area contributed by atoms with Gasteiger partial charge >= 0.3 is 6.09 Å². The van der Waals surface area contributed by atoms with Crippen molar-refractivity contribution in [3.63, 3.8) is 0 Å². The molecule has 0 unspecified atom stereocenters. The zero-order valence-corrected chi connectivity index (χ0v) is 23.5. The number of benzene rings is 4. The monoisotopic (exact) mass is 576 g/mol. The summed E-state index contributed by atoms with van der Waals surface area (Å²) in [5.41, 5.74) is 7.74. The smallest absolute Gasteiger partial charge is 0.407 e. The molecular weight excluding hydrogens is 552 g/mol. The molecule has 0 saturated heterocycles. The Balaban J connectivity index is 1.22. The van der Waals surface area contributed by atoms with E-state index in [2.05, 4.69) is 34.6 Å². The van der Waals surface area contributed by atoms with Gasteiger partial charge in [-0.05, 0) is 45.5 Å². The fraction of sp³-hybridized carbons (Fsp3) is 0.0882. The van der Waals surface area contributed by atoms with Crippen molar-refractivity contribution in [1.82, 2.24) is 10.3 Å². The molecule has 5 nitrogen and oxygen atoms in total. The second-order valence-corrected chi connectivity index (χ2v) is 11.0. The van der Waals surface area contributed by atoms with Crippen LogP contribution in [0, 0.1) is 0 Å². The second-order valence-electron chi connectivity index (χ2n) is 9.58. The van der Waals surface area contributed by atoms with Crippen LogP contribution in [0.1, 0.15) is 33.0 Å². The minimum atomic E-state index is -0.516. The van der Waals surface area contributed by atoms with E-state index in [1.165, 1.54) is 22.9 Å². The van der Waals surface area contributed by atoms with Crippen LogP contribution in [0.5, 0.6) is 0 Å². The third-order valence-corrected chi connectivity index (χ3v) is 8.87. The van der Waals surface area contributed by atoms with Gasteiger partial charge in [0.1, 0.15) is 11.6 Å². The second kappa shape index (κ2) is 12.0. The molecule has 0 aliphatic heterocycles. The SMILES string of the molecule is O=Cc1cccnc1Sc1c(CNC(=O)OCC2c3ccccc3-c3ccccc32)ccc(-c2ccccc2)c1Cl. The predicted octanol–water partition coefficient (Wildman–Crippen LogP) is 8.40. The number of hydrogen-bond donors (Lipinski definition) is 1. The van der Waals surface area contributed by atoms with Crippen molar-refractivity contribution in [2.75, 3.05) is 6.61 Å². The molecule has 1 aromatic heterocycles. The number of halogens is 1. The predicted molar refractivity (Wildman–Crippen MR) is 163 cm³/mol. The van der Waals surface area contributed by atoms with Crippen LogP contribution in [0.3, 0.4) is 0 Å². The molecule has 1 aliphatic carbocycles. The molecule has 1 amide bonds. The third kappa shape index (κ3) is 5.49. The quantitative estimate of drug-likeness (QED) is 0.188.